The molecule has 1 atom stereocenters. The number of aliphatic imine (C=N–C) groups is 1. The molecule has 2 aromatic rings. The summed E-state index contributed by atoms with van der Waals surface area (Å²) < 4.78 is 19.3. The van der Waals surface area contributed by atoms with E-state index >= 15 is 0 Å². The van der Waals surface area contributed by atoms with Crippen LogP contribution in [0, 0.1) is 12.7 Å². The molecule has 6 nitrogen and oxygen atoms in total. The number of benzene rings is 2. The van der Waals surface area contributed by atoms with Crippen LogP contribution in [0.3, 0.4) is 0 Å². The highest BCUT2D eigenvalue weighted by Crippen LogP contribution is 2.19. The number of guanidine groups is 1. The van der Waals surface area contributed by atoms with E-state index in [9.17, 15) is 9.18 Å². The summed E-state index contributed by atoms with van der Waals surface area (Å²) in [5.74, 6) is 1.07. The van der Waals surface area contributed by atoms with Crippen LogP contribution in [0.5, 0.6) is 5.75 Å². The summed E-state index contributed by atoms with van der Waals surface area (Å²) in [6.45, 7) is 4.46. The first-order valence-electron chi connectivity index (χ1n) is 10.7. The Morgan fingerprint density at radius 1 is 1.22 bits per heavy atom. The van der Waals surface area contributed by atoms with Crippen LogP contribution in [0.4, 0.5) is 4.39 Å². The van der Waals surface area contributed by atoms with Gasteiger partial charge >= 0.3 is 0 Å². The fourth-order valence-electron chi connectivity index (χ4n) is 3.08. The van der Waals surface area contributed by atoms with E-state index in [0.717, 1.165) is 30.4 Å². The van der Waals surface area contributed by atoms with Gasteiger partial charge in [0.25, 0.3) is 5.91 Å². The molecule has 0 bridgehead atoms. The number of ether oxygens (including phenoxy) is 1. The minimum Gasteiger partial charge on any atom is -0.484 e. The molecule has 2 aromatic carbocycles. The van der Waals surface area contributed by atoms with Gasteiger partial charge in [-0.05, 0) is 68.0 Å². The smallest absolute Gasteiger partial charge is 0.258 e. The maximum atomic E-state index is 13.8. The van der Waals surface area contributed by atoms with E-state index in [1.54, 1.807) is 26.1 Å². The first-order valence-corrected chi connectivity index (χ1v) is 10.7. The van der Waals surface area contributed by atoms with Crippen LogP contribution < -0.4 is 20.7 Å². The summed E-state index contributed by atoms with van der Waals surface area (Å²) in [7, 11) is 1.71. The van der Waals surface area contributed by atoms with E-state index in [4.69, 9.17) is 4.74 Å². The lowest BCUT2D eigenvalue weighted by Crippen LogP contribution is -2.39. The predicted molar refractivity (Wildman–Crippen MR) is 136 cm³/mol. The molecule has 3 rings (SSSR count). The van der Waals surface area contributed by atoms with E-state index in [-0.39, 0.29) is 48.3 Å². The molecule has 0 aromatic heterocycles. The molecule has 1 fully saturated rings. The standard InChI is InChI=1S/C24H31FN4O2.HI/c1-16-4-7-19(14-22(16)25)17(2)28-24(26-3)27-13-12-18-5-10-21(11-6-18)31-15-23(30)29-20-8-9-20;/h4-7,10-11,14,17,20H,8-9,12-13,15H2,1-3H3,(H,29,30)(H2,26,27,28);1H. The quantitative estimate of drug-likeness (QED) is 0.250. The first kappa shape index (κ1) is 25.9. The number of rotatable bonds is 9. The van der Waals surface area contributed by atoms with Crippen molar-refractivity contribution in [1.29, 1.82) is 0 Å². The van der Waals surface area contributed by atoms with Gasteiger partial charge in [-0.15, -0.1) is 24.0 Å². The lowest BCUT2D eigenvalue weighted by atomic mass is 10.1. The third-order valence-corrected chi connectivity index (χ3v) is 5.21. The van der Waals surface area contributed by atoms with Crippen molar-refractivity contribution < 1.29 is 13.9 Å². The van der Waals surface area contributed by atoms with E-state index < -0.39 is 0 Å². The average Bonchev–Trinajstić information content (AvgIpc) is 3.58. The monoisotopic (exact) mass is 554 g/mol. The Bertz CT molecular complexity index is 917. The number of carbonyl (C=O) groups is 1. The SMILES string of the molecule is CN=C(NCCc1ccc(OCC(=O)NC2CC2)cc1)NC(C)c1ccc(C)c(F)c1.I. The zero-order chi connectivity index (χ0) is 22.2. The molecule has 1 unspecified atom stereocenters. The Kier molecular flexibility index (Phi) is 10.2. The molecule has 1 aliphatic rings. The number of amides is 1. The number of hydrogen-bond acceptors (Lipinski definition) is 3. The molecular formula is C24H32FIN4O2. The maximum Gasteiger partial charge on any atom is 0.258 e. The van der Waals surface area contributed by atoms with E-state index in [1.165, 1.54) is 0 Å². The van der Waals surface area contributed by atoms with E-state index in [2.05, 4.69) is 20.9 Å². The summed E-state index contributed by atoms with van der Waals surface area (Å²) in [5.41, 5.74) is 2.65. The van der Waals surface area contributed by atoms with Gasteiger partial charge < -0.3 is 20.7 Å². The zero-order valence-corrected chi connectivity index (χ0v) is 21.1. The minimum absolute atomic E-state index is 0. The minimum atomic E-state index is -0.204. The molecule has 1 aliphatic carbocycles. The van der Waals surface area contributed by atoms with Crippen molar-refractivity contribution in [3.8, 4) is 5.75 Å². The first-order chi connectivity index (χ1) is 14.9. The predicted octanol–water partition coefficient (Wildman–Crippen LogP) is 3.88. The van der Waals surface area contributed by atoms with Gasteiger partial charge in [0, 0.05) is 19.6 Å². The third kappa shape index (κ3) is 8.29. The maximum absolute atomic E-state index is 13.8. The van der Waals surface area contributed by atoms with Gasteiger partial charge in [0.15, 0.2) is 12.6 Å². The summed E-state index contributed by atoms with van der Waals surface area (Å²) in [5, 5.41) is 9.47. The normalized spacial score (nSPS) is 14.2. The van der Waals surface area contributed by atoms with Crippen LogP contribution in [0.2, 0.25) is 0 Å². The molecule has 0 radical (unpaired) electrons. The van der Waals surface area contributed by atoms with Gasteiger partial charge in [-0.25, -0.2) is 4.39 Å². The second-order valence-electron chi connectivity index (χ2n) is 7.90. The Balaban J connectivity index is 0.00000363. The Morgan fingerprint density at radius 3 is 2.56 bits per heavy atom. The van der Waals surface area contributed by atoms with Crippen molar-refractivity contribution in [2.24, 2.45) is 4.99 Å². The highest BCUT2D eigenvalue weighted by molar-refractivity contribution is 14.0. The summed E-state index contributed by atoms with van der Waals surface area (Å²) in [6, 6.07) is 13.3. The molecule has 0 spiro atoms. The van der Waals surface area contributed by atoms with Gasteiger partial charge in [0.05, 0.1) is 6.04 Å². The molecule has 174 valence electrons. The lowest BCUT2D eigenvalue weighted by Gasteiger charge is -2.18. The largest absolute Gasteiger partial charge is 0.484 e. The van der Waals surface area contributed by atoms with Gasteiger partial charge in [-0.3, -0.25) is 9.79 Å². The highest BCUT2D eigenvalue weighted by Gasteiger charge is 2.23. The van der Waals surface area contributed by atoms with Crippen molar-refractivity contribution in [2.75, 3.05) is 20.2 Å². The number of hydrogen-bond donors (Lipinski definition) is 3. The molecule has 0 saturated heterocycles. The fourth-order valence-corrected chi connectivity index (χ4v) is 3.08. The van der Waals surface area contributed by atoms with Crippen LogP contribution in [0.1, 0.15) is 42.5 Å². The number of nitrogens with zero attached hydrogens (tertiary/aromatic N) is 1. The number of aryl methyl sites for hydroxylation is 1. The van der Waals surface area contributed by atoms with Gasteiger partial charge in [0.1, 0.15) is 11.6 Å². The molecular weight excluding hydrogens is 522 g/mol. The topological polar surface area (TPSA) is 74.8 Å². The molecule has 1 saturated carbocycles. The van der Waals surface area contributed by atoms with Crippen LogP contribution >= 0.6 is 24.0 Å². The van der Waals surface area contributed by atoms with Gasteiger partial charge in [-0.2, -0.15) is 0 Å². The molecule has 0 aliphatic heterocycles. The van der Waals surface area contributed by atoms with E-state index in [1.807, 2.05) is 37.3 Å². The second kappa shape index (κ2) is 12.6. The van der Waals surface area contributed by atoms with Crippen LogP contribution in [0.25, 0.3) is 0 Å². The molecule has 3 N–H and O–H groups in total. The van der Waals surface area contributed by atoms with Crippen LogP contribution in [0.15, 0.2) is 47.5 Å². The summed E-state index contributed by atoms with van der Waals surface area (Å²) in [6.07, 6.45) is 2.94. The van der Waals surface area contributed by atoms with Crippen LogP contribution in [-0.2, 0) is 11.2 Å². The molecule has 32 heavy (non-hydrogen) atoms. The number of halogens is 2. The van der Waals surface area contributed by atoms with E-state index in [0.29, 0.717) is 29.9 Å². The number of carbonyl (C=O) groups excluding carboxylic acids is 1. The van der Waals surface area contributed by atoms with Crippen molar-refractivity contribution >= 4 is 35.8 Å². The third-order valence-electron chi connectivity index (χ3n) is 5.21. The van der Waals surface area contributed by atoms with Gasteiger partial charge in [-0.1, -0.05) is 24.3 Å². The molecule has 1 amide bonds. The Morgan fingerprint density at radius 2 is 1.94 bits per heavy atom. The zero-order valence-electron chi connectivity index (χ0n) is 18.8. The van der Waals surface area contributed by atoms with Crippen molar-refractivity contribution in [3.05, 3.63) is 65.0 Å². The van der Waals surface area contributed by atoms with Crippen molar-refractivity contribution in [3.63, 3.8) is 0 Å². The lowest BCUT2D eigenvalue weighted by molar-refractivity contribution is -0.123. The molecule has 0 heterocycles. The number of nitrogens with one attached hydrogen (secondary N) is 3. The highest BCUT2D eigenvalue weighted by atomic mass is 127. The van der Waals surface area contributed by atoms with Crippen LogP contribution in [-0.4, -0.2) is 38.1 Å². The Labute approximate surface area is 206 Å². The second-order valence-corrected chi connectivity index (χ2v) is 7.90. The fraction of sp³-hybridized carbons (Fsp3) is 0.417. The summed E-state index contributed by atoms with van der Waals surface area (Å²) >= 11 is 0. The van der Waals surface area contributed by atoms with Crippen molar-refractivity contribution in [1.82, 2.24) is 16.0 Å². The van der Waals surface area contributed by atoms with Gasteiger partial charge in [0.2, 0.25) is 0 Å². The average molecular weight is 554 g/mol. The Hall–Kier alpha value is -2.36. The van der Waals surface area contributed by atoms with Crippen molar-refractivity contribution in [2.45, 2.75) is 45.2 Å². The summed E-state index contributed by atoms with van der Waals surface area (Å²) in [4.78, 5) is 15.9. The molecule has 8 heteroatoms.